The Bertz CT molecular complexity index is 1290. The summed E-state index contributed by atoms with van der Waals surface area (Å²) in [6, 6.07) is 22.5. The molecule has 6 heteroatoms. The maximum atomic E-state index is 12.8. The van der Waals surface area contributed by atoms with E-state index in [9.17, 15) is 4.79 Å². The predicted octanol–water partition coefficient (Wildman–Crippen LogP) is 5.01. The number of imidazole rings is 1. The van der Waals surface area contributed by atoms with Crippen molar-refractivity contribution in [1.29, 1.82) is 0 Å². The van der Waals surface area contributed by atoms with Gasteiger partial charge in [0.05, 0.1) is 23.0 Å². The molecule has 3 aromatic heterocycles. The highest BCUT2D eigenvalue weighted by Gasteiger charge is 2.18. The fourth-order valence-electron chi connectivity index (χ4n) is 3.26. The van der Waals surface area contributed by atoms with Crippen molar-refractivity contribution in [2.45, 2.75) is 6.61 Å². The Labute approximate surface area is 172 Å². The van der Waals surface area contributed by atoms with Crippen molar-refractivity contribution in [3.63, 3.8) is 0 Å². The molecule has 0 amide bonds. The number of oxazole rings is 1. The van der Waals surface area contributed by atoms with Crippen molar-refractivity contribution in [3.8, 4) is 22.8 Å². The normalized spacial score (nSPS) is 10.9. The molecule has 0 spiro atoms. The Balaban J connectivity index is 1.38. The quantitative estimate of drug-likeness (QED) is 0.391. The van der Waals surface area contributed by atoms with E-state index in [2.05, 4.69) is 9.97 Å². The molecule has 0 N–H and O–H groups in total. The van der Waals surface area contributed by atoms with Gasteiger partial charge in [0.1, 0.15) is 12.3 Å². The molecule has 0 saturated carbocycles. The average Bonchev–Trinajstić information content (AvgIpc) is 3.45. The van der Waals surface area contributed by atoms with Crippen LogP contribution in [0.1, 0.15) is 16.1 Å². The summed E-state index contributed by atoms with van der Waals surface area (Å²) in [6.07, 6.45) is 5.40. The summed E-state index contributed by atoms with van der Waals surface area (Å²) in [5, 5.41) is 0. The summed E-state index contributed by atoms with van der Waals surface area (Å²) in [6.45, 7) is 0.0791. The van der Waals surface area contributed by atoms with Crippen molar-refractivity contribution < 1.29 is 13.9 Å². The first-order chi connectivity index (χ1) is 14.8. The van der Waals surface area contributed by atoms with Crippen LogP contribution in [0.25, 0.3) is 28.4 Å². The van der Waals surface area contributed by atoms with Gasteiger partial charge in [-0.1, -0.05) is 48.5 Å². The molecule has 0 saturated heterocycles. The summed E-state index contributed by atoms with van der Waals surface area (Å²) < 4.78 is 13.3. The zero-order chi connectivity index (χ0) is 20.3. The molecule has 6 nitrogen and oxygen atoms in total. The van der Waals surface area contributed by atoms with Gasteiger partial charge in [-0.05, 0) is 24.3 Å². The van der Waals surface area contributed by atoms with Gasteiger partial charge in [0.25, 0.3) is 0 Å². The van der Waals surface area contributed by atoms with Gasteiger partial charge < -0.3 is 13.6 Å². The lowest BCUT2D eigenvalue weighted by molar-refractivity contribution is 0.0469. The van der Waals surface area contributed by atoms with Gasteiger partial charge in [0.15, 0.2) is 5.76 Å². The van der Waals surface area contributed by atoms with Crippen LogP contribution in [-0.4, -0.2) is 20.3 Å². The number of nitrogens with zero attached hydrogens (tertiary/aromatic N) is 3. The number of fused-ring (bicyclic) bond motifs is 1. The van der Waals surface area contributed by atoms with Crippen molar-refractivity contribution in [1.82, 2.24) is 14.4 Å². The lowest BCUT2D eigenvalue weighted by Gasteiger charge is -2.06. The number of aromatic nitrogens is 3. The number of rotatable bonds is 5. The van der Waals surface area contributed by atoms with Gasteiger partial charge in [-0.2, -0.15) is 0 Å². The van der Waals surface area contributed by atoms with Crippen LogP contribution in [0.2, 0.25) is 0 Å². The van der Waals surface area contributed by atoms with Crippen LogP contribution in [0, 0.1) is 0 Å². The molecule has 3 heterocycles. The molecular formula is C24H17N3O3. The number of hydrogen-bond donors (Lipinski definition) is 0. The van der Waals surface area contributed by atoms with Crippen LogP contribution in [0.3, 0.4) is 0 Å². The van der Waals surface area contributed by atoms with Crippen LogP contribution in [-0.2, 0) is 11.3 Å². The van der Waals surface area contributed by atoms with Crippen LogP contribution in [0.5, 0.6) is 0 Å². The number of esters is 1. The van der Waals surface area contributed by atoms with Gasteiger partial charge in [-0.15, -0.1) is 0 Å². The van der Waals surface area contributed by atoms with Crippen LogP contribution in [0.15, 0.2) is 95.8 Å². The molecular weight excluding hydrogens is 378 g/mol. The Kier molecular flexibility index (Phi) is 4.57. The van der Waals surface area contributed by atoms with Gasteiger partial charge in [0.2, 0.25) is 5.89 Å². The molecule has 0 aliphatic rings. The predicted molar refractivity (Wildman–Crippen MR) is 112 cm³/mol. The molecule has 5 aromatic rings. The molecule has 30 heavy (non-hydrogen) atoms. The SMILES string of the molecule is O=C(OCc1cn2ccccc2n1)c1ccccc1-c1ncc(-c2ccccc2)o1. The standard InChI is InChI=1S/C24H17N3O3/c28-24(29-16-18-15-27-13-7-6-12-22(27)26-18)20-11-5-4-10-19(20)23-25-14-21(30-23)17-8-2-1-3-9-17/h1-15H,16H2. The minimum Gasteiger partial charge on any atom is -0.455 e. The second kappa shape index (κ2) is 7.67. The van der Waals surface area contributed by atoms with Gasteiger partial charge >= 0.3 is 5.97 Å². The summed E-state index contributed by atoms with van der Waals surface area (Å²) in [5.41, 5.74) is 3.37. The fourth-order valence-corrected chi connectivity index (χ4v) is 3.26. The highest BCUT2D eigenvalue weighted by molar-refractivity contribution is 5.96. The molecule has 146 valence electrons. The Hall–Kier alpha value is -4.19. The number of carbonyl (C=O) groups is 1. The summed E-state index contributed by atoms with van der Waals surface area (Å²) in [5.74, 6) is 0.551. The largest absolute Gasteiger partial charge is 0.455 e. The molecule has 2 aromatic carbocycles. The van der Waals surface area contributed by atoms with Crippen LogP contribution in [0.4, 0.5) is 0 Å². The average molecular weight is 395 g/mol. The minimum atomic E-state index is -0.456. The third kappa shape index (κ3) is 3.46. The molecule has 0 atom stereocenters. The van der Waals surface area contributed by atoms with Crippen molar-refractivity contribution in [3.05, 3.63) is 103 Å². The van der Waals surface area contributed by atoms with E-state index in [1.807, 2.05) is 71.4 Å². The first-order valence-electron chi connectivity index (χ1n) is 9.48. The zero-order valence-electron chi connectivity index (χ0n) is 15.9. The number of ether oxygens (including phenoxy) is 1. The summed E-state index contributed by atoms with van der Waals surface area (Å²) in [4.78, 5) is 21.6. The number of carbonyl (C=O) groups excluding carboxylic acids is 1. The second-order valence-electron chi connectivity index (χ2n) is 6.72. The molecule has 0 aliphatic carbocycles. The number of benzene rings is 2. The molecule has 0 unspecified atom stereocenters. The molecule has 0 radical (unpaired) electrons. The first-order valence-corrected chi connectivity index (χ1v) is 9.48. The van der Waals surface area contributed by atoms with Gasteiger partial charge in [0, 0.05) is 18.0 Å². The molecule has 0 fully saturated rings. The maximum Gasteiger partial charge on any atom is 0.339 e. The second-order valence-corrected chi connectivity index (χ2v) is 6.72. The van der Waals surface area contributed by atoms with Crippen molar-refractivity contribution in [2.24, 2.45) is 0 Å². The van der Waals surface area contributed by atoms with E-state index in [1.165, 1.54) is 0 Å². The number of hydrogen-bond acceptors (Lipinski definition) is 5. The van der Waals surface area contributed by atoms with Crippen molar-refractivity contribution >= 4 is 11.6 Å². The Morgan fingerprint density at radius 1 is 0.967 bits per heavy atom. The summed E-state index contributed by atoms with van der Waals surface area (Å²) in [7, 11) is 0. The first kappa shape index (κ1) is 17.9. The topological polar surface area (TPSA) is 69.6 Å². The van der Waals surface area contributed by atoms with Crippen LogP contribution >= 0.6 is 0 Å². The van der Waals surface area contributed by atoms with Crippen molar-refractivity contribution in [2.75, 3.05) is 0 Å². The number of pyridine rings is 1. The van der Waals surface area contributed by atoms with E-state index < -0.39 is 5.97 Å². The lowest BCUT2D eigenvalue weighted by Crippen LogP contribution is -2.07. The van der Waals surface area contributed by atoms with E-state index in [0.29, 0.717) is 28.5 Å². The highest BCUT2D eigenvalue weighted by atomic mass is 16.5. The van der Waals surface area contributed by atoms with Gasteiger partial charge in [-0.3, -0.25) is 0 Å². The third-order valence-electron chi connectivity index (χ3n) is 4.71. The summed E-state index contributed by atoms with van der Waals surface area (Å²) >= 11 is 0. The van der Waals surface area contributed by atoms with E-state index in [-0.39, 0.29) is 6.61 Å². The fraction of sp³-hybridized carbons (Fsp3) is 0.0417. The zero-order valence-corrected chi connectivity index (χ0v) is 15.9. The van der Waals surface area contributed by atoms with Crippen LogP contribution < -0.4 is 0 Å². The van der Waals surface area contributed by atoms with Gasteiger partial charge in [-0.25, -0.2) is 14.8 Å². The van der Waals surface area contributed by atoms with E-state index in [4.69, 9.17) is 9.15 Å². The molecule has 0 bridgehead atoms. The maximum absolute atomic E-state index is 12.8. The lowest BCUT2D eigenvalue weighted by atomic mass is 10.1. The minimum absolute atomic E-state index is 0.0791. The molecule has 0 aliphatic heterocycles. The van der Waals surface area contributed by atoms with E-state index in [0.717, 1.165) is 11.2 Å². The monoisotopic (exact) mass is 395 g/mol. The Morgan fingerprint density at radius 3 is 2.63 bits per heavy atom. The highest BCUT2D eigenvalue weighted by Crippen LogP contribution is 2.28. The van der Waals surface area contributed by atoms with E-state index in [1.54, 1.807) is 24.4 Å². The Morgan fingerprint density at radius 2 is 1.77 bits per heavy atom. The smallest absolute Gasteiger partial charge is 0.339 e. The van der Waals surface area contributed by atoms with E-state index >= 15 is 0 Å². The third-order valence-corrected chi connectivity index (χ3v) is 4.71. The molecule has 5 rings (SSSR count).